The van der Waals surface area contributed by atoms with Crippen LogP contribution in [0.15, 0.2) is 64.2 Å². The molecule has 0 aliphatic heterocycles. The van der Waals surface area contributed by atoms with Crippen LogP contribution in [0.5, 0.6) is 0 Å². The summed E-state index contributed by atoms with van der Waals surface area (Å²) < 4.78 is 6.20. The molecule has 1 heterocycles. The van der Waals surface area contributed by atoms with E-state index in [-0.39, 0.29) is 49.4 Å². The Morgan fingerprint density at radius 1 is 1.06 bits per heavy atom. The summed E-state index contributed by atoms with van der Waals surface area (Å²) in [5.74, 6) is -0.697. The largest absolute Gasteiger partial charge is 0.383 e. The van der Waals surface area contributed by atoms with Crippen molar-refractivity contribution < 1.29 is 14.3 Å². The van der Waals surface area contributed by atoms with Crippen molar-refractivity contribution in [1.29, 1.82) is 0 Å². The van der Waals surface area contributed by atoms with Crippen molar-refractivity contribution in [3.05, 3.63) is 86.6 Å². The van der Waals surface area contributed by atoms with E-state index in [1.165, 1.54) is 23.5 Å². The number of hydrogen-bond donors (Lipinski definition) is 3. The van der Waals surface area contributed by atoms with E-state index in [2.05, 4.69) is 10.3 Å². The SMILES string of the molecule is COCCn1c(N)c(N(Cc2ccccc2)C(=O)Cc2ccc(NC(C)=O)cc2)c(=O)[nH]c1=O. The number of nitrogens with zero attached hydrogens (tertiary/aromatic N) is 2. The fourth-order valence-electron chi connectivity index (χ4n) is 3.48. The number of methoxy groups -OCH3 is 1. The lowest BCUT2D eigenvalue weighted by Crippen LogP contribution is -2.41. The Hall–Kier alpha value is -4.18. The molecule has 0 aliphatic carbocycles. The first kappa shape index (κ1) is 24.5. The molecule has 4 N–H and O–H groups in total. The second-order valence-corrected chi connectivity index (χ2v) is 7.66. The van der Waals surface area contributed by atoms with E-state index in [1.54, 1.807) is 24.3 Å². The van der Waals surface area contributed by atoms with E-state index in [0.29, 0.717) is 11.3 Å². The summed E-state index contributed by atoms with van der Waals surface area (Å²) >= 11 is 0. The summed E-state index contributed by atoms with van der Waals surface area (Å²) in [6, 6.07) is 16.0. The zero-order valence-corrected chi connectivity index (χ0v) is 19.0. The Labute approximate surface area is 196 Å². The number of carbonyl (C=O) groups excluding carboxylic acids is 2. The molecule has 0 spiro atoms. The van der Waals surface area contributed by atoms with E-state index in [1.807, 2.05) is 30.3 Å². The van der Waals surface area contributed by atoms with Gasteiger partial charge in [-0.25, -0.2) is 4.79 Å². The van der Waals surface area contributed by atoms with Crippen LogP contribution in [0.4, 0.5) is 17.2 Å². The molecule has 0 saturated heterocycles. The van der Waals surface area contributed by atoms with E-state index in [4.69, 9.17) is 10.5 Å². The normalized spacial score (nSPS) is 10.6. The number of ether oxygens (including phenoxy) is 1. The summed E-state index contributed by atoms with van der Waals surface area (Å²) in [4.78, 5) is 53.3. The van der Waals surface area contributed by atoms with Crippen molar-refractivity contribution >= 4 is 29.0 Å². The van der Waals surface area contributed by atoms with Gasteiger partial charge in [0.15, 0.2) is 5.69 Å². The number of H-pyrrole nitrogens is 1. The van der Waals surface area contributed by atoms with Crippen molar-refractivity contribution in [3.8, 4) is 0 Å². The molecule has 3 rings (SSSR count). The van der Waals surface area contributed by atoms with Gasteiger partial charge < -0.3 is 15.8 Å². The molecule has 0 saturated carbocycles. The van der Waals surface area contributed by atoms with E-state index in [0.717, 1.165) is 5.56 Å². The molecule has 0 unspecified atom stereocenters. The molecular weight excluding hydrogens is 438 g/mol. The van der Waals surface area contributed by atoms with Gasteiger partial charge >= 0.3 is 5.69 Å². The smallest absolute Gasteiger partial charge is 0.330 e. The molecule has 0 radical (unpaired) electrons. The molecule has 10 nitrogen and oxygen atoms in total. The predicted octanol–water partition coefficient (Wildman–Crippen LogP) is 1.50. The highest BCUT2D eigenvalue weighted by Gasteiger charge is 2.24. The molecule has 34 heavy (non-hydrogen) atoms. The topological polar surface area (TPSA) is 140 Å². The number of carbonyl (C=O) groups is 2. The van der Waals surface area contributed by atoms with Crippen molar-refractivity contribution in [1.82, 2.24) is 9.55 Å². The van der Waals surface area contributed by atoms with Crippen LogP contribution < -0.4 is 27.2 Å². The lowest BCUT2D eigenvalue weighted by atomic mass is 10.1. The van der Waals surface area contributed by atoms with Gasteiger partial charge in [-0.15, -0.1) is 0 Å². The highest BCUT2D eigenvalue weighted by molar-refractivity contribution is 5.97. The number of hydrogen-bond acceptors (Lipinski definition) is 6. The quantitative estimate of drug-likeness (QED) is 0.438. The average molecular weight is 466 g/mol. The number of nitrogen functional groups attached to an aromatic ring is 1. The monoisotopic (exact) mass is 465 g/mol. The van der Waals surface area contributed by atoms with Crippen molar-refractivity contribution in [2.75, 3.05) is 29.7 Å². The number of aromatic nitrogens is 2. The van der Waals surface area contributed by atoms with Crippen LogP contribution in [0.2, 0.25) is 0 Å². The number of anilines is 3. The third kappa shape index (κ3) is 5.99. The lowest BCUT2D eigenvalue weighted by Gasteiger charge is -2.25. The van der Waals surface area contributed by atoms with Crippen LogP contribution in [0.1, 0.15) is 18.1 Å². The number of aromatic amines is 1. The first-order valence-electron chi connectivity index (χ1n) is 10.6. The summed E-state index contributed by atoms with van der Waals surface area (Å²) in [5.41, 5.74) is 6.78. The molecule has 0 atom stereocenters. The summed E-state index contributed by atoms with van der Waals surface area (Å²) in [7, 11) is 1.48. The number of benzene rings is 2. The zero-order valence-electron chi connectivity index (χ0n) is 19.0. The summed E-state index contributed by atoms with van der Waals surface area (Å²) in [5, 5.41) is 2.67. The molecule has 2 amide bonds. The van der Waals surface area contributed by atoms with Gasteiger partial charge in [0.2, 0.25) is 11.8 Å². The van der Waals surface area contributed by atoms with Gasteiger partial charge in [0, 0.05) is 19.7 Å². The number of nitrogens with one attached hydrogen (secondary N) is 2. The maximum atomic E-state index is 13.4. The van der Waals surface area contributed by atoms with Gasteiger partial charge in [0.05, 0.1) is 26.1 Å². The zero-order chi connectivity index (χ0) is 24.7. The van der Waals surface area contributed by atoms with Gasteiger partial charge in [0.25, 0.3) is 5.56 Å². The molecule has 10 heteroatoms. The van der Waals surface area contributed by atoms with Gasteiger partial charge in [-0.1, -0.05) is 42.5 Å². The van der Waals surface area contributed by atoms with Gasteiger partial charge in [-0.3, -0.25) is 28.8 Å². The molecule has 1 aromatic heterocycles. The number of rotatable bonds is 9. The Morgan fingerprint density at radius 2 is 1.74 bits per heavy atom. The van der Waals surface area contributed by atoms with Crippen LogP contribution in [-0.2, 0) is 33.8 Å². The van der Waals surface area contributed by atoms with Gasteiger partial charge in [-0.2, -0.15) is 0 Å². The Bertz CT molecular complexity index is 1270. The fourth-order valence-corrected chi connectivity index (χ4v) is 3.48. The number of amides is 2. The molecule has 0 bridgehead atoms. The lowest BCUT2D eigenvalue weighted by molar-refractivity contribution is -0.118. The molecule has 178 valence electrons. The maximum absolute atomic E-state index is 13.4. The average Bonchev–Trinajstić information content (AvgIpc) is 2.79. The van der Waals surface area contributed by atoms with Crippen molar-refractivity contribution in [3.63, 3.8) is 0 Å². The summed E-state index contributed by atoms with van der Waals surface area (Å²) in [6.07, 6.45) is -0.0245. The third-order valence-corrected chi connectivity index (χ3v) is 5.12. The van der Waals surface area contributed by atoms with Crippen LogP contribution in [0.25, 0.3) is 0 Å². The standard InChI is InChI=1S/C24H27N5O5/c1-16(30)26-19-10-8-17(9-11-19)14-20(31)29(15-18-6-4-3-5-7-18)21-22(25)28(12-13-34-2)24(33)27-23(21)32/h3-11H,12-15,25H2,1-2H3,(H,26,30)(H,27,32,33). The number of nitrogens with two attached hydrogens (primary N) is 1. The molecular formula is C24H27N5O5. The van der Waals surface area contributed by atoms with Gasteiger partial charge in [0.1, 0.15) is 5.82 Å². The van der Waals surface area contributed by atoms with Crippen molar-refractivity contribution in [2.45, 2.75) is 26.4 Å². The predicted molar refractivity (Wildman–Crippen MR) is 130 cm³/mol. The van der Waals surface area contributed by atoms with Crippen LogP contribution in [0.3, 0.4) is 0 Å². The molecule has 0 fully saturated rings. The Morgan fingerprint density at radius 3 is 2.35 bits per heavy atom. The highest BCUT2D eigenvalue weighted by atomic mass is 16.5. The van der Waals surface area contributed by atoms with E-state index < -0.39 is 11.2 Å². The van der Waals surface area contributed by atoms with Crippen LogP contribution in [-0.4, -0.2) is 35.1 Å². The van der Waals surface area contributed by atoms with Crippen LogP contribution in [0, 0.1) is 0 Å². The highest BCUT2D eigenvalue weighted by Crippen LogP contribution is 2.21. The molecule has 2 aromatic carbocycles. The fraction of sp³-hybridized carbons (Fsp3) is 0.250. The molecule has 0 aliphatic rings. The van der Waals surface area contributed by atoms with Gasteiger partial charge in [-0.05, 0) is 23.3 Å². The first-order valence-corrected chi connectivity index (χ1v) is 10.6. The minimum absolute atomic E-state index is 0.0245. The minimum atomic E-state index is -0.749. The van der Waals surface area contributed by atoms with Crippen LogP contribution >= 0.6 is 0 Å². The summed E-state index contributed by atoms with van der Waals surface area (Å²) in [6.45, 7) is 1.80. The van der Waals surface area contributed by atoms with Crippen molar-refractivity contribution in [2.24, 2.45) is 0 Å². The maximum Gasteiger partial charge on any atom is 0.330 e. The Balaban J connectivity index is 1.99. The second-order valence-electron chi connectivity index (χ2n) is 7.66. The van der Waals surface area contributed by atoms with E-state index in [9.17, 15) is 19.2 Å². The first-order chi connectivity index (χ1) is 16.3. The Kier molecular flexibility index (Phi) is 7.99. The third-order valence-electron chi connectivity index (χ3n) is 5.12. The second kappa shape index (κ2) is 11.1. The minimum Gasteiger partial charge on any atom is -0.383 e. The molecule has 3 aromatic rings. The van der Waals surface area contributed by atoms with E-state index >= 15 is 0 Å².